The highest BCUT2D eigenvalue weighted by molar-refractivity contribution is 5.87. The number of aliphatic hydroxyl groups is 1. The Labute approximate surface area is 202 Å². The van der Waals surface area contributed by atoms with Crippen LogP contribution in [-0.4, -0.2) is 24.3 Å². The molecule has 0 bridgehead atoms. The zero-order valence-electron chi connectivity index (χ0n) is 20.2. The smallest absolute Gasteiger partial charge is 0.333 e. The van der Waals surface area contributed by atoms with Gasteiger partial charge in [0.05, 0.1) is 6.61 Å². The van der Waals surface area contributed by atoms with Crippen LogP contribution in [0.3, 0.4) is 0 Å². The first-order chi connectivity index (χ1) is 16.5. The normalized spacial score (nSPS) is 10.7. The molecule has 0 aliphatic rings. The topological polar surface area (TPSA) is 55.8 Å². The molecule has 0 amide bonds. The number of esters is 1. The van der Waals surface area contributed by atoms with Crippen LogP contribution in [0.1, 0.15) is 44.2 Å². The summed E-state index contributed by atoms with van der Waals surface area (Å²) < 4.78 is 11.0. The number of hydrogen-bond acceptors (Lipinski definition) is 4. The fraction of sp³-hybridized carbons (Fsp3) is 0.300. The van der Waals surface area contributed by atoms with Gasteiger partial charge in [0.15, 0.2) is 0 Å². The van der Waals surface area contributed by atoms with E-state index >= 15 is 0 Å². The Morgan fingerprint density at radius 1 is 0.912 bits per heavy atom. The third kappa shape index (κ3) is 7.06. The molecule has 0 aliphatic heterocycles. The lowest BCUT2D eigenvalue weighted by molar-refractivity contribution is -0.140. The van der Waals surface area contributed by atoms with Crippen molar-refractivity contribution in [3.8, 4) is 28.0 Å². The molecule has 1 N–H and O–H groups in total. The van der Waals surface area contributed by atoms with Crippen LogP contribution in [0, 0.1) is 0 Å². The van der Waals surface area contributed by atoms with E-state index in [1.165, 1.54) is 24.8 Å². The monoisotopic (exact) mass is 458 g/mol. The van der Waals surface area contributed by atoms with Crippen molar-refractivity contribution in [2.75, 3.05) is 13.2 Å². The highest BCUT2D eigenvalue weighted by atomic mass is 16.5. The zero-order chi connectivity index (χ0) is 24.3. The van der Waals surface area contributed by atoms with E-state index in [9.17, 15) is 4.79 Å². The second-order valence-electron chi connectivity index (χ2n) is 8.48. The molecule has 0 saturated heterocycles. The van der Waals surface area contributed by atoms with Gasteiger partial charge in [-0.3, -0.25) is 0 Å². The van der Waals surface area contributed by atoms with E-state index in [1.807, 2.05) is 24.3 Å². The standard InChI is InChI=1S/C30H34O4/c1-4-5-6-7-23-8-10-25(11-9-23)29-17-14-26(20-27(29)21-34-30(32)22(2)3)24-12-15-28(16-13-24)33-19-18-31/h8-17,20,31H,2,4-7,18-19,21H2,1,3H3. The Kier molecular flexibility index (Phi) is 9.48. The van der Waals surface area contributed by atoms with Gasteiger partial charge in [-0.05, 0) is 71.3 Å². The summed E-state index contributed by atoms with van der Waals surface area (Å²) in [7, 11) is 0. The summed E-state index contributed by atoms with van der Waals surface area (Å²) in [5, 5.41) is 8.93. The molecule has 178 valence electrons. The molecule has 4 nitrogen and oxygen atoms in total. The Morgan fingerprint density at radius 2 is 1.59 bits per heavy atom. The summed E-state index contributed by atoms with van der Waals surface area (Å²) in [5.41, 5.74) is 6.85. The van der Waals surface area contributed by atoms with Crippen molar-refractivity contribution in [3.63, 3.8) is 0 Å². The van der Waals surface area contributed by atoms with Crippen molar-refractivity contribution in [2.45, 2.75) is 46.1 Å². The van der Waals surface area contributed by atoms with Crippen molar-refractivity contribution in [1.29, 1.82) is 0 Å². The predicted octanol–water partition coefficient (Wildman–Crippen LogP) is 6.74. The Bertz CT molecular complexity index is 1080. The van der Waals surface area contributed by atoms with E-state index in [4.69, 9.17) is 14.6 Å². The quantitative estimate of drug-likeness (QED) is 0.185. The number of carbonyl (C=O) groups excluding carboxylic acids is 1. The maximum Gasteiger partial charge on any atom is 0.333 e. The van der Waals surface area contributed by atoms with Gasteiger partial charge in [0.1, 0.15) is 19.0 Å². The van der Waals surface area contributed by atoms with Crippen molar-refractivity contribution >= 4 is 5.97 Å². The van der Waals surface area contributed by atoms with Crippen LogP contribution < -0.4 is 4.74 Å². The summed E-state index contributed by atoms with van der Waals surface area (Å²) in [6.07, 6.45) is 4.76. The number of rotatable bonds is 12. The van der Waals surface area contributed by atoms with Crippen molar-refractivity contribution in [1.82, 2.24) is 0 Å². The van der Waals surface area contributed by atoms with Crippen LogP contribution in [0.5, 0.6) is 5.75 Å². The molecule has 0 atom stereocenters. The zero-order valence-corrected chi connectivity index (χ0v) is 20.2. The molecule has 3 rings (SSSR count). The van der Waals surface area contributed by atoms with E-state index in [0.717, 1.165) is 34.2 Å². The van der Waals surface area contributed by atoms with Gasteiger partial charge in [-0.1, -0.05) is 74.9 Å². The second kappa shape index (κ2) is 12.8. The lowest BCUT2D eigenvalue weighted by Crippen LogP contribution is -2.06. The first-order valence-electron chi connectivity index (χ1n) is 11.9. The number of hydrogen-bond donors (Lipinski definition) is 1. The summed E-state index contributed by atoms with van der Waals surface area (Å²) >= 11 is 0. The SMILES string of the molecule is C=C(C)C(=O)OCc1cc(-c2ccc(OCCO)cc2)ccc1-c1ccc(CCCCC)cc1. The van der Waals surface area contributed by atoms with E-state index in [-0.39, 0.29) is 19.8 Å². The summed E-state index contributed by atoms with van der Waals surface area (Å²) in [6, 6.07) is 22.6. The molecule has 4 heteroatoms. The largest absolute Gasteiger partial charge is 0.491 e. The maximum atomic E-state index is 12.1. The lowest BCUT2D eigenvalue weighted by atomic mass is 9.94. The predicted molar refractivity (Wildman–Crippen MR) is 138 cm³/mol. The Morgan fingerprint density at radius 3 is 2.24 bits per heavy atom. The summed E-state index contributed by atoms with van der Waals surface area (Å²) in [5.74, 6) is 0.317. The van der Waals surface area contributed by atoms with Gasteiger partial charge in [0, 0.05) is 5.57 Å². The molecule has 0 fully saturated rings. The van der Waals surface area contributed by atoms with Gasteiger partial charge >= 0.3 is 5.97 Å². The van der Waals surface area contributed by atoms with Crippen molar-refractivity contribution < 1.29 is 19.4 Å². The van der Waals surface area contributed by atoms with Crippen LogP contribution in [0.15, 0.2) is 78.9 Å². The first-order valence-corrected chi connectivity index (χ1v) is 11.9. The number of benzene rings is 3. The molecule has 0 spiro atoms. The van der Waals surface area contributed by atoms with Crippen molar-refractivity contribution in [3.05, 3.63) is 90.0 Å². The average molecular weight is 459 g/mol. The number of unbranched alkanes of at least 4 members (excludes halogenated alkanes) is 2. The molecule has 0 heterocycles. The average Bonchev–Trinajstić information content (AvgIpc) is 2.86. The minimum absolute atomic E-state index is 0.0187. The van der Waals surface area contributed by atoms with Gasteiger partial charge in [-0.2, -0.15) is 0 Å². The van der Waals surface area contributed by atoms with Gasteiger partial charge in [0.25, 0.3) is 0 Å². The molecule has 3 aromatic carbocycles. The highest BCUT2D eigenvalue weighted by Crippen LogP contribution is 2.31. The number of aryl methyl sites for hydroxylation is 1. The fourth-order valence-electron chi connectivity index (χ4n) is 3.78. The minimum Gasteiger partial charge on any atom is -0.491 e. The van der Waals surface area contributed by atoms with E-state index in [1.54, 1.807) is 6.92 Å². The van der Waals surface area contributed by atoms with E-state index < -0.39 is 5.97 Å². The second-order valence-corrected chi connectivity index (χ2v) is 8.48. The molecule has 0 aliphatic carbocycles. The maximum absolute atomic E-state index is 12.1. The van der Waals surface area contributed by atoms with Gasteiger partial charge in [0.2, 0.25) is 0 Å². The van der Waals surface area contributed by atoms with E-state index in [2.05, 4.69) is 56.0 Å². The van der Waals surface area contributed by atoms with E-state index in [0.29, 0.717) is 11.3 Å². The summed E-state index contributed by atoms with van der Waals surface area (Å²) in [4.78, 5) is 12.1. The summed E-state index contributed by atoms with van der Waals surface area (Å²) in [6.45, 7) is 7.97. The fourth-order valence-corrected chi connectivity index (χ4v) is 3.78. The number of ether oxygens (including phenoxy) is 2. The van der Waals surface area contributed by atoms with Crippen LogP contribution in [-0.2, 0) is 22.6 Å². The highest BCUT2D eigenvalue weighted by Gasteiger charge is 2.12. The van der Waals surface area contributed by atoms with Crippen LogP contribution in [0.2, 0.25) is 0 Å². The van der Waals surface area contributed by atoms with Crippen LogP contribution in [0.25, 0.3) is 22.3 Å². The number of carbonyl (C=O) groups is 1. The minimum atomic E-state index is -0.395. The molecule has 34 heavy (non-hydrogen) atoms. The Hall–Kier alpha value is -3.37. The molecule has 0 saturated carbocycles. The van der Waals surface area contributed by atoms with Crippen molar-refractivity contribution in [2.24, 2.45) is 0 Å². The Balaban J connectivity index is 1.87. The van der Waals surface area contributed by atoms with Gasteiger partial charge in [-0.25, -0.2) is 4.79 Å². The lowest BCUT2D eigenvalue weighted by Gasteiger charge is -2.14. The molecule has 3 aromatic rings. The molecule has 0 aromatic heterocycles. The third-order valence-electron chi connectivity index (χ3n) is 5.69. The van der Waals surface area contributed by atoms with Gasteiger partial charge in [-0.15, -0.1) is 0 Å². The number of aliphatic hydroxyl groups excluding tert-OH is 1. The van der Waals surface area contributed by atoms with Crippen LogP contribution >= 0.6 is 0 Å². The van der Waals surface area contributed by atoms with Crippen LogP contribution in [0.4, 0.5) is 0 Å². The van der Waals surface area contributed by atoms with Gasteiger partial charge < -0.3 is 14.6 Å². The molecular formula is C30H34O4. The molecule has 0 unspecified atom stereocenters. The first kappa shape index (κ1) is 25.3. The molecular weight excluding hydrogens is 424 g/mol. The third-order valence-corrected chi connectivity index (χ3v) is 5.69. The molecule has 0 radical (unpaired) electrons.